The van der Waals surface area contributed by atoms with Crippen molar-refractivity contribution in [3.8, 4) is 27.9 Å². The molecule has 0 amide bonds. The first-order valence-electron chi connectivity index (χ1n) is 16.3. The summed E-state index contributed by atoms with van der Waals surface area (Å²) in [6, 6.07) is 21.7. The average Bonchev–Trinajstić information content (AvgIpc) is 3.34. The number of para-hydroxylation sites is 1. The van der Waals surface area contributed by atoms with Crippen LogP contribution in [-0.2, 0) is 34.5 Å². The number of nitrogens with zero attached hydrogens (tertiary/aromatic N) is 1. The van der Waals surface area contributed by atoms with E-state index >= 15 is 0 Å². The summed E-state index contributed by atoms with van der Waals surface area (Å²) in [6.45, 7) is 28.1. The molecule has 0 aliphatic heterocycles. The zero-order valence-electron chi connectivity index (χ0n) is 29.0. The van der Waals surface area contributed by atoms with E-state index in [9.17, 15) is 0 Å². The lowest BCUT2D eigenvalue weighted by Crippen LogP contribution is -2.35. The molecule has 0 N–H and O–H groups in total. The van der Waals surface area contributed by atoms with E-state index in [1.807, 2.05) is 11.3 Å². The van der Waals surface area contributed by atoms with Crippen LogP contribution in [0.5, 0.6) is 0 Å². The predicted molar refractivity (Wildman–Crippen MR) is 188 cm³/mol. The summed E-state index contributed by atoms with van der Waals surface area (Å²) in [5, 5.41) is 0. The van der Waals surface area contributed by atoms with Crippen molar-refractivity contribution in [2.24, 2.45) is 0 Å². The normalized spacial score (nSPS) is 14.6. The fourth-order valence-electron chi connectivity index (χ4n) is 6.18. The number of benzene rings is 3. The van der Waals surface area contributed by atoms with Gasteiger partial charge in [-0.1, -0.05) is 137 Å². The monoisotopic (exact) mass is 592 g/mol. The number of aromatic nitrogens is 1. The van der Waals surface area contributed by atoms with E-state index in [2.05, 4.69) is 148 Å². The summed E-state index contributed by atoms with van der Waals surface area (Å²) >= 11 is 1.95. The Labute approximate surface area is 266 Å². The van der Waals surface area contributed by atoms with Gasteiger partial charge in [-0.2, -0.15) is 4.57 Å². The minimum Gasteiger partial charge on any atom is -0.153 e. The number of thiazole rings is 1. The van der Waals surface area contributed by atoms with E-state index in [-0.39, 0.29) is 21.7 Å². The van der Waals surface area contributed by atoms with Crippen molar-refractivity contribution in [2.75, 3.05) is 0 Å². The van der Waals surface area contributed by atoms with Crippen molar-refractivity contribution >= 4 is 11.3 Å². The Morgan fingerprint density at radius 2 is 0.930 bits per heavy atom. The topological polar surface area (TPSA) is 3.88 Å². The third kappa shape index (κ3) is 6.56. The molecule has 0 radical (unpaired) electrons. The molecule has 1 aliphatic carbocycles. The van der Waals surface area contributed by atoms with Crippen LogP contribution in [0.3, 0.4) is 0 Å². The lowest BCUT2D eigenvalue weighted by atomic mass is 9.77. The summed E-state index contributed by atoms with van der Waals surface area (Å²) in [5.41, 5.74) is 16.4. The van der Waals surface area contributed by atoms with Crippen molar-refractivity contribution in [3.63, 3.8) is 0 Å². The molecule has 0 fully saturated rings. The maximum Gasteiger partial charge on any atom is 0.231 e. The second kappa shape index (κ2) is 11.0. The van der Waals surface area contributed by atoms with Crippen LogP contribution in [0, 0.1) is 0 Å². The molecule has 2 heteroatoms. The van der Waals surface area contributed by atoms with Crippen molar-refractivity contribution in [2.45, 2.75) is 130 Å². The van der Waals surface area contributed by atoms with Crippen LogP contribution in [0.15, 0.2) is 60.1 Å². The molecule has 43 heavy (non-hydrogen) atoms. The van der Waals surface area contributed by atoms with Gasteiger partial charge in [0.15, 0.2) is 0 Å². The molecule has 1 aromatic heterocycles. The van der Waals surface area contributed by atoms with Crippen LogP contribution in [0.1, 0.15) is 129 Å². The second-order valence-electron chi connectivity index (χ2n) is 17.0. The molecule has 1 aliphatic rings. The highest BCUT2D eigenvalue weighted by molar-refractivity contribution is 7.09. The van der Waals surface area contributed by atoms with Gasteiger partial charge in [0.1, 0.15) is 0 Å². The lowest BCUT2D eigenvalue weighted by molar-refractivity contribution is -0.598. The fraction of sp³-hybridized carbons (Fsp3) is 0.488. The highest BCUT2D eigenvalue weighted by Gasteiger charge is 2.31. The Bertz CT molecular complexity index is 1480. The van der Waals surface area contributed by atoms with Gasteiger partial charge in [-0.15, -0.1) is 0 Å². The maximum atomic E-state index is 2.57. The Kier molecular flexibility index (Phi) is 8.13. The third-order valence-corrected chi connectivity index (χ3v) is 10.3. The van der Waals surface area contributed by atoms with E-state index in [0.717, 1.165) is 6.42 Å². The van der Waals surface area contributed by atoms with Crippen molar-refractivity contribution in [1.29, 1.82) is 0 Å². The van der Waals surface area contributed by atoms with E-state index < -0.39 is 0 Å². The smallest absolute Gasteiger partial charge is 0.153 e. The molecule has 1 heterocycles. The van der Waals surface area contributed by atoms with Gasteiger partial charge in [-0.3, -0.25) is 0 Å². The van der Waals surface area contributed by atoms with Gasteiger partial charge in [0.2, 0.25) is 16.9 Å². The molecule has 0 unspecified atom stereocenters. The largest absolute Gasteiger partial charge is 0.231 e. The van der Waals surface area contributed by atoms with E-state index in [0.29, 0.717) is 0 Å². The number of hydrogen-bond donors (Lipinski definition) is 0. The molecular formula is C41H54NS+. The van der Waals surface area contributed by atoms with Gasteiger partial charge in [-0.05, 0) is 86.4 Å². The number of hydrogen-bond acceptors (Lipinski definition) is 1. The summed E-state index contributed by atoms with van der Waals surface area (Å²) in [5.74, 6) is 0. The van der Waals surface area contributed by atoms with Crippen LogP contribution in [0.4, 0.5) is 0 Å². The van der Waals surface area contributed by atoms with E-state index in [4.69, 9.17) is 0 Å². The van der Waals surface area contributed by atoms with Crippen LogP contribution < -0.4 is 4.57 Å². The predicted octanol–water partition coefficient (Wildman–Crippen LogP) is 11.4. The first kappa shape index (κ1) is 31.7. The van der Waals surface area contributed by atoms with Crippen LogP contribution in [-0.4, -0.2) is 0 Å². The summed E-state index contributed by atoms with van der Waals surface area (Å²) < 4.78 is 2.57. The molecule has 0 saturated carbocycles. The van der Waals surface area contributed by atoms with Gasteiger partial charge in [0.05, 0.1) is 16.0 Å². The third-order valence-electron chi connectivity index (χ3n) is 9.21. The standard InChI is InChI=1S/C41H54NS/c1-38(2,3)29-20-27(21-30(24-29)39(4,5)6)33-16-15-17-34(37(33)42-26-43-36-19-14-13-18-35(36)42)28-22-31(40(7,8)9)25-32(23-28)41(10,11)12/h15-17,20-26H,13-14,18-19H2,1-12H3/q+1. The Morgan fingerprint density at radius 3 is 1.33 bits per heavy atom. The van der Waals surface area contributed by atoms with Gasteiger partial charge in [-0.25, -0.2) is 0 Å². The SMILES string of the molecule is CC(C)(C)c1cc(-c2cccc(-c3cc(C(C)(C)C)cc(C(C)(C)C)c3)c2-[n+]2csc3c2CCCC3)cc(C(C)(C)C)c1. The molecule has 228 valence electrons. The quantitative estimate of drug-likeness (QED) is 0.208. The Morgan fingerprint density at radius 1 is 0.535 bits per heavy atom. The molecule has 3 aromatic carbocycles. The molecule has 0 spiro atoms. The van der Waals surface area contributed by atoms with Gasteiger partial charge < -0.3 is 0 Å². The highest BCUT2D eigenvalue weighted by Crippen LogP contribution is 2.41. The lowest BCUT2D eigenvalue weighted by Gasteiger charge is -2.27. The highest BCUT2D eigenvalue weighted by atomic mass is 32.1. The summed E-state index contributed by atoms with van der Waals surface area (Å²) in [6.07, 6.45) is 4.92. The summed E-state index contributed by atoms with van der Waals surface area (Å²) in [7, 11) is 0. The van der Waals surface area contributed by atoms with Crippen LogP contribution >= 0.6 is 11.3 Å². The molecule has 0 saturated heterocycles. The first-order valence-corrected chi connectivity index (χ1v) is 17.2. The molecular weight excluding hydrogens is 539 g/mol. The molecule has 4 aromatic rings. The maximum absolute atomic E-state index is 2.57. The van der Waals surface area contributed by atoms with Gasteiger partial charge in [0.25, 0.3) is 0 Å². The molecule has 0 atom stereocenters. The molecule has 0 bridgehead atoms. The van der Waals surface area contributed by atoms with Crippen LogP contribution in [0.2, 0.25) is 0 Å². The van der Waals surface area contributed by atoms with Crippen molar-refractivity contribution in [1.82, 2.24) is 0 Å². The average molecular weight is 593 g/mol. The van der Waals surface area contributed by atoms with E-state index in [1.54, 1.807) is 4.88 Å². The zero-order valence-corrected chi connectivity index (χ0v) is 29.8. The van der Waals surface area contributed by atoms with Crippen molar-refractivity contribution < 1.29 is 4.57 Å². The Balaban J connectivity index is 1.88. The van der Waals surface area contributed by atoms with Crippen molar-refractivity contribution in [3.05, 3.63) is 92.9 Å². The molecule has 5 rings (SSSR count). The first-order chi connectivity index (χ1) is 19.8. The number of rotatable bonds is 3. The Hall–Kier alpha value is -2.71. The minimum absolute atomic E-state index is 0.0606. The molecule has 1 nitrogen and oxygen atoms in total. The number of fused-ring (bicyclic) bond motifs is 1. The van der Waals surface area contributed by atoms with Crippen LogP contribution in [0.25, 0.3) is 27.9 Å². The van der Waals surface area contributed by atoms with Gasteiger partial charge in [0, 0.05) is 6.42 Å². The second-order valence-corrected chi connectivity index (χ2v) is 17.9. The number of aryl methyl sites for hydroxylation is 1. The van der Waals surface area contributed by atoms with Gasteiger partial charge >= 0.3 is 0 Å². The van der Waals surface area contributed by atoms with E-state index in [1.165, 1.54) is 75.2 Å². The fourth-order valence-corrected chi connectivity index (χ4v) is 7.24. The minimum atomic E-state index is 0.0606. The zero-order chi connectivity index (χ0) is 31.5. The summed E-state index contributed by atoms with van der Waals surface area (Å²) in [4.78, 5) is 1.56.